The normalized spacial score (nSPS) is 10.4. The molecule has 1 aromatic heterocycles. The molecule has 3 rings (SSSR count). The van der Waals surface area contributed by atoms with Crippen LogP contribution in [0, 0.1) is 0 Å². The predicted molar refractivity (Wildman–Crippen MR) is 82.5 cm³/mol. The third-order valence-corrected chi connectivity index (χ3v) is 3.86. The molecule has 3 aromatic rings. The minimum atomic E-state index is 1.04. The summed E-state index contributed by atoms with van der Waals surface area (Å²) in [6, 6.07) is 18.6. The van der Waals surface area contributed by atoms with Gasteiger partial charge in [0.15, 0.2) is 0 Å². The molecule has 0 saturated heterocycles. The lowest BCUT2D eigenvalue weighted by Gasteiger charge is -2.01. The zero-order chi connectivity index (χ0) is 13.1. The lowest BCUT2D eigenvalue weighted by atomic mass is 10.2. The summed E-state index contributed by atoms with van der Waals surface area (Å²) in [5.74, 6) is 0. The second kappa shape index (κ2) is 5.24. The van der Waals surface area contributed by atoms with Gasteiger partial charge in [-0.1, -0.05) is 42.5 Å². The standard InChI is InChI=1S/C16H14N2S/c1-17-14-9-5-8-13(10-14)16-18-15(11-19-16)12-6-3-2-4-7-12/h2-11,17H,1H3. The molecule has 1 N–H and O–H groups in total. The topological polar surface area (TPSA) is 24.9 Å². The number of rotatable bonds is 3. The summed E-state index contributed by atoms with van der Waals surface area (Å²) < 4.78 is 0. The fraction of sp³-hybridized carbons (Fsp3) is 0.0625. The highest BCUT2D eigenvalue weighted by atomic mass is 32.1. The lowest BCUT2D eigenvalue weighted by Crippen LogP contribution is -1.87. The highest BCUT2D eigenvalue weighted by molar-refractivity contribution is 7.13. The van der Waals surface area contributed by atoms with Crippen molar-refractivity contribution < 1.29 is 0 Å². The van der Waals surface area contributed by atoms with Crippen LogP contribution < -0.4 is 5.32 Å². The Balaban J connectivity index is 1.97. The average Bonchev–Trinajstić information content (AvgIpc) is 2.98. The molecule has 2 nitrogen and oxygen atoms in total. The van der Waals surface area contributed by atoms with E-state index in [-0.39, 0.29) is 0 Å². The van der Waals surface area contributed by atoms with Crippen molar-refractivity contribution >= 4 is 17.0 Å². The Kier molecular flexibility index (Phi) is 3.29. The van der Waals surface area contributed by atoms with E-state index < -0.39 is 0 Å². The van der Waals surface area contributed by atoms with E-state index in [0.29, 0.717) is 0 Å². The molecule has 0 radical (unpaired) electrons. The maximum absolute atomic E-state index is 4.72. The molecule has 0 saturated carbocycles. The van der Waals surface area contributed by atoms with Crippen LogP contribution in [-0.4, -0.2) is 12.0 Å². The largest absolute Gasteiger partial charge is 0.388 e. The number of thiazole rings is 1. The smallest absolute Gasteiger partial charge is 0.124 e. The van der Waals surface area contributed by atoms with Gasteiger partial charge in [-0.05, 0) is 12.1 Å². The first-order valence-corrected chi connectivity index (χ1v) is 7.04. The number of hydrogen-bond acceptors (Lipinski definition) is 3. The van der Waals surface area contributed by atoms with E-state index in [9.17, 15) is 0 Å². The molecular weight excluding hydrogens is 252 g/mol. The van der Waals surface area contributed by atoms with E-state index in [1.807, 2.05) is 31.3 Å². The molecule has 1 heterocycles. The summed E-state index contributed by atoms with van der Waals surface area (Å²) in [6.45, 7) is 0. The van der Waals surface area contributed by atoms with E-state index in [4.69, 9.17) is 4.98 Å². The van der Waals surface area contributed by atoms with Crippen LogP contribution >= 0.6 is 11.3 Å². The molecule has 0 spiro atoms. The zero-order valence-electron chi connectivity index (χ0n) is 10.6. The van der Waals surface area contributed by atoms with Crippen molar-refractivity contribution in [2.75, 3.05) is 12.4 Å². The summed E-state index contributed by atoms with van der Waals surface area (Å²) in [5, 5.41) is 6.31. The number of anilines is 1. The van der Waals surface area contributed by atoms with Crippen molar-refractivity contribution in [2.45, 2.75) is 0 Å². The maximum atomic E-state index is 4.72. The Hall–Kier alpha value is -2.13. The molecule has 0 aliphatic carbocycles. The Morgan fingerprint density at radius 1 is 0.947 bits per heavy atom. The van der Waals surface area contributed by atoms with Gasteiger partial charge in [0.25, 0.3) is 0 Å². The van der Waals surface area contributed by atoms with Gasteiger partial charge in [0, 0.05) is 29.2 Å². The molecule has 0 fully saturated rings. The quantitative estimate of drug-likeness (QED) is 0.754. The van der Waals surface area contributed by atoms with Crippen LogP contribution in [0.4, 0.5) is 5.69 Å². The van der Waals surface area contributed by atoms with Gasteiger partial charge in [-0.25, -0.2) is 4.98 Å². The minimum absolute atomic E-state index is 1.04. The van der Waals surface area contributed by atoms with Crippen LogP contribution in [0.2, 0.25) is 0 Å². The molecule has 3 heteroatoms. The van der Waals surface area contributed by atoms with Crippen molar-refractivity contribution in [1.82, 2.24) is 4.98 Å². The van der Waals surface area contributed by atoms with Gasteiger partial charge in [0.1, 0.15) is 5.01 Å². The summed E-state index contributed by atoms with van der Waals surface area (Å²) in [7, 11) is 1.93. The van der Waals surface area contributed by atoms with Crippen molar-refractivity contribution in [2.24, 2.45) is 0 Å². The monoisotopic (exact) mass is 266 g/mol. The molecular formula is C16H14N2S. The summed E-state index contributed by atoms with van der Waals surface area (Å²) in [5.41, 5.74) is 4.46. The highest BCUT2D eigenvalue weighted by Gasteiger charge is 2.06. The second-order valence-electron chi connectivity index (χ2n) is 4.23. The summed E-state index contributed by atoms with van der Waals surface area (Å²) in [6.07, 6.45) is 0. The predicted octanol–water partition coefficient (Wildman–Crippen LogP) is 4.52. The Morgan fingerprint density at radius 3 is 2.53 bits per heavy atom. The van der Waals surface area contributed by atoms with Crippen molar-refractivity contribution in [3.63, 3.8) is 0 Å². The molecule has 0 amide bonds. The third-order valence-electron chi connectivity index (χ3n) is 2.97. The minimum Gasteiger partial charge on any atom is -0.388 e. The number of benzene rings is 2. The van der Waals surface area contributed by atoms with E-state index in [1.165, 1.54) is 0 Å². The van der Waals surface area contributed by atoms with Gasteiger partial charge in [-0.15, -0.1) is 11.3 Å². The van der Waals surface area contributed by atoms with Crippen LogP contribution in [0.3, 0.4) is 0 Å². The molecule has 19 heavy (non-hydrogen) atoms. The number of hydrogen-bond donors (Lipinski definition) is 1. The number of nitrogens with one attached hydrogen (secondary N) is 1. The van der Waals surface area contributed by atoms with Gasteiger partial charge >= 0.3 is 0 Å². The van der Waals surface area contributed by atoms with E-state index in [1.54, 1.807) is 11.3 Å². The van der Waals surface area contributed by atoms with Gasteiger partial charge < -0.3 is 5.32 Å². The van der Waals surface area contributed by atoms with E-state index in [0.717, 1.165) is 27.5 Å². The molecule has 0 atom stereocenters. The van der Waals surface area contributed by atoms with Gasteiger partial charge in [-0.2, -0.15) is 0 Å². The van der Waals surface area contributed by atoms with Crippen LogP contribution in [-0.2, 0) is 0 Å². The van der Waals surface area contributed by atoms with Crippen molar-refractivity contribution in [1.29, 1.82) is 0 Å². The van der Waals surface area contributed by atoms with Gasteiger partial charge in [-0.3, -0.25) is 0 Å². The van der Waals surface area contributed by atoms with E-state index in [2.05, 4.69) is 41.0 Å². The fourth-order valence-corrected chi connectivity index (χ4v) is 2.78. The molecule has 0 aliphatic heterocycles. The Labute approximate surface area is 116 Å². The SMILES string of the molecule is CNc1cccc(-c2nc(-c3ccccc3)cs2)c1. The number of nitrogens with zero attached hydrogens (tertiary/aromatic N) is 1. The molecule has 0 bridgehead atoms. The molecule has 94 valence electrons. The summed E-state index contributed by atoms with van der Waals surface area (Å²) in [4.78, 5) is 4.72. The van der Waals surface area contributed by atoms with E-state index >= 15 is 0 Å². The third kappa shape index (κ3) is 2.51. The molecule has 2 aromatic carbocycles. The summed E-state index contributed by atoms with van der Waals surface area (Å²) >= 11 is 1.68. The number of aromatic nitrogens is 1. The Bertz CT molecular complexity index is 674. The van der Waals surface area contributed by atoms with Crippen molar-refractivity contribution in [3.05, 3.63) is 60.0 Å². The fourth-order valence-electron chi connectivity index (χ4n) is 1.96. The van der Waals surface area contributed by atoms with Gasteiger partial charge in [0.2, 0.25) is 0 Å². The van der Waals surface area contributed by atoms with Gasteiger partial charge in [0.05, 0.1) is 5.69 Å². The van der Waals surface area contributed by atoms with Crippen LogP contribution in [0.5, 0.6) is 0 Å². The Morgan fingerprint density at radius 2 is 1.74 bits per heavy atom. The maximum Gasteiger partial charge on any atom is 0.124 e. The van der Waals surface area contributed by atoms with Crippen LogP contribution in [0.1, 0.15) is 0 Å². The second-order valence-corrected chi connectivity index (χ2v) is 5.09. The molecule has 0 unspecified atom stereocenters. The average molecular weight is 266 g/mol. The zero-order valence-corrected chi connectivity index (χ0v) is 11.4. The van der Waals surface area contributed by atoms with Crippen LogP contribution in [0.15, 0.2) is 60.0 Å². The first-order chi connectivity index (χ1) is 9.36. The molecule has 0 aliphatic rings. The lowest BCUT2D eigenvalue weighted by molar-refractivity contribution is 1.40. The first kappa shape index (κ1) is 11.9. The first-order valence-electron chi connectivity index (χ1n) is 6.16. The van der Waals surface area contributed by atoms with Crippen molar-refractivity contribution in [3.8, 4) is 21.8 Å². The van der Waals surface area contributed by atoms with Crippen LogP contribution in [0.25, 0.3) is 21.8 Å². The highest BCUT2D eigenvalue weighted by Crippen LogP contribution is 2.29.